The van der Waals surface area contributed by atoms with Crippen LogP contribution in [0.1, 0.15) is 71.6 Å². The first-order valence-corrected chi connectivity index (χ1v) is 14.7. The molecule has 236 valence electrons. The van der Waals surface area contributed by atoms with Crippen molar-refractivity contribution < 1.29 is 49.0 Å². The van der Waals surface area contributed by atoms with Crippen molar-refractivity contribution in [2.24, 2.45) is 0 Å². The van der Waals surface area contributed by atoms with E-state index in [1.54, 1.807) is 17.2 Å². The molecule has 0 bridgehead atoms. The number of aliphatic hydroxyl groups is 4. The molecule has 13 nitrogen and oxygen atoms in total. The maximum absolute atomic E-state index is 12.6. The summed E-state index contributed by atoms with van der Waals surface area (Å²) in [5.74, 6) is -0.435. The molecule has 2 fully saturated rings. The van der Waals surface area contributed by atoms with Gasteiger partial charge in [-0.2, -0.15) is 0 Å². The van der Waals surface area contributed by atoms with Crippen molar-refractivity contribution in [2.75, 3.05) is 32.9 Å². The molecule has 7 atom stereocenters. The number of β-amino-alcohol motifs (C(OH)–C–C–N with tert-alkyl or cyclic N) is 1. The highest BCUT2D eigenvalue weighted by Crippen LogP contribution is 2.23. The van der Waals surface area contributed by atoms with E-state index in [-0.39, 0.29) is 24.5 Å². The van der Waals surface area contributed by atoms with Crippen molar-refractivity contribution in [1.29, 1.82) is 0 Å². The zero-order valence-electron chi connectivity index (χ0n) is 24.3. The number of carbonyl (C=O) groups excluding carboxylic acids is 3. The minimum absolute atomic E-state index is 0.0197. The number of rotatable bonds is 18. The molecular weight excluding hydrogens is 538 g/mol. The third kappa shape index (κ3) is 12.2. The Balaban J connectivity index is 1.53. The van der Waals surface area contributed by atoms with Gasteiger partial charge in [-0.15, -0.1) is 0 Å². The number of allylic oxidation sites excluding steroid dienone is 1. The summed E-state index contributed by atoms with van der Waals surface area (Å²) >= 11 is 0. The minimum Gasteiger partial charge on any atom is -0.499 e. The van der Waals surface area contributed by atoms with Crippen LogP contribution in [0, 0.1) is 0 Å². The average molecular weight is 588 g/mol. The SMILES string of the molecule is CC=COC[C@@H]1C[C@@H](O)CN1C(=O)CCCCCNC(=O)CCCCCOC1OC(CO)C(O)C(O)C1NC(C)=O. The van der Waals surface area contributed by atoms with Gasteiger partial charge in [-0.1, -0.05) is 18.9 Å². The maximum atomic E-state index is 12.6. The van der Waals surface area contributed by atoms with Crippen molar-refractivity contribution in [3.8, 4) is 0 Å². The van der Waals surface area contributed by atoms with Crippen LogP contribution in [0.5, 0.6) is 0 Å². The molecule has 6 N–H and O–H groups in total. The molecule has 5 unspecified atom stereocenters. The van der Waals surface area contributed by atoms with E-state index >= 15 is 0 Å². The second-order valence-electron chi connectivity index (χ2n) is 10.7. The standard InChI is InChI=1S/C28H49N3O10/c1-3-13-39-18-20-15-21(34)16-31(20)24(36)11-7-4-8-12-29-23(35)10-6-5-9-14-40-28-25(30-19(2)33)27(38)26(37)22(17-32)41-28/h3,13,20-22,25-28,32,34,37-38H,4-12,14-18H2,1-2H3,(H,29,35)(H,30,33)/t20-,21+,22?,25?,26?,27?,28?/m0/s1. The number of likely N-dealkylation sites (tertiary alicyclic amines) is 1. The Morgan fingerprint density at radius 3 is 2.46 bits per heavy atom. The molecular formula is C28H49N3O10. The fourth-order valence-electron chi connectivity index (χ4n) is 5.03. The number of hydrogen-bond acceptors (Lipinski definition) is 10. The first kappa shape index (κ1) is 34.9. The largest absolute Gasteiger partial charge is 0.499 e. The Kier molecular flexibility index (Phi) is 16.2. The number of ether oxygens (including phenoxy) is 3. The molecule has 0 aromatic heterocycles. The van der Waals surface area contributed by atoms with Gasteiger partial charge in [0.1, 0.15) is 31.0 Å². The number of nitrogens with one attached hydrogen (secondary N) is 2. The first-order chi connectivity index (χ1) is 19.7. The van der Waals surface area contributed by atoms with Gasteiger partial charge >= 0.3 is 0 Å². The van der Waals surface area contributed by atoms with E-state index in [4.69, 9.17) is 14.2 Å². The van der Waals surface area contributed by atoms with E-state index in [0.29, 0.717) is 64.6 Å². The summed E-state index contributed by atoms with van der Waals surface area (Å²) in [6, 6.07) is -1.08. The van der Waals surface area contributed by atoms with E-state index < -0.39 is 49.3 Å². The van der Waals surface area contributed by atoms with Crippen molar-refractivity contribution in [3.63, 3.8) is 0 Å². The summed E-state index contributed by atoms with van der Waals surface area (Å²) in [4.78, 5) is 37.9. The molecule has 2 heterocycles. The normalized spacial score (nSPS) is 28.1. The topological polar surface area (TPSA) is 187 Å². The first-order valence-electron chi connectivity index (χ1n) is 14.7. The molecule has 41 heavy (non-hydrogen) atoms. The Morgan fingerprint density at radius 2 is 1.76 bits per heavy atom. The van der Waals surface area contributed by atoms with Crippen LogP contribution in [0.15, 0.2) is 12.3 Å². The van der Waals surface area contributed by atoms with Crippen LogP contribution in [-0.4, -0.2) is 119 Å². The van der Waals surface area contributed by atoms with Crippen LogP contribution in [-0.2, 0) is 28.6 Å². The lowest BCUT2D eigenvalue weighted by atomic mass is 9.97. The van der Waals surface area contributed by atoms with Crippen LogP contribution in [0.2, 0.25) is 0 Å². The Labute approximate surface area is 242 Å². The van der Waals surface area contributed by atoms with Gasteiger partial charge in [-0.25, -0.2) is 0 Å². The predicted octanol–water partition coefficient (Wildman–Crippen LogP) is -0.304. The van der Waals surface area contributed by atoms with E-state index in [1.165, 1.54) is 6.92 Å². The molecule has 0 aliphatic carbocycles. The van der Waals surface area contributed by atoms with Gasteiger partial charge in [0.15, 0.2) is 6.29 Å². The Bertz CT molecular complexity index is 829. The molecule has 0 saturated carbocycles. The number of hydrogen-bond donors (Lipinski definition) is 6. The van der Waals surface area contributed by atoms with Crippen LogP contribution in [0.3, 0.4) is 0 Å². The third-order valence-corrected chi connectivity index (χ3v) is 7.20. The predicted molar refractivity (Wildman–Crippen MR) is 148 cm³/mol. The van der Waals surface area contributed by atoms with Crippen LogP contribution in [0.25, 0.3) is 0 Å². The molecule has 13 heteroatoms. The summed E-state index contributed by atoms with van der Waals surface area (Å²) in [6.07, 6.45) is 3.69. The van der Waals surface area contributed by atoms with Crippen molar-refractivity contribution in [2.45, 2.75) is 114 Å². The molecule has 0 aromatic rings. The lowest BCUT2D eigenvalue weighted by Crippen LogP contribution is -2.64. The monoisotopic (exact) mass is 587 g/mol. The lowest BCUT2D eigenvalue weighted by Gasteiger charge is -2.42. The zero-order chi connectivity index (χ0) is 30.2. The number of carbonyl (C=O) groups is 3. The minimum atomic E-state index is -1.36. The van der Waals surface area contributed by atoms with Gasteiger partial charge in [-0.05, 0) is 39.0 Å². The average Bonchev–Trinajstić information content (AvgIpc) is 3.31. The molecule has 3 amide bonds. The van der Waals surface area contributed by atoms with Crippen LogP contribution < -0.4 is 10.6 Å². The van der Waals surface area contributed by atoms with E-state index in [0.717, 1.165) is 12.8 Å². The summed E-state index contributed by atoms with van der Waals surface area (Å²) in [7, 11) is 0. The van der Waals surface area contributed by atoms with E-state index in [1.807, 2.05) is 6.92 Å². The van der Waals surface area contributed by atoms with Gasteiger partial charge < -0.3 is 50.2 Å². The second-order valence-corrected chi connectivity index (χ2v) is 10.7. The molecule has 0 aromatic carbocycles. The molecule has 0 spiro atoms. The Morgan fingerprint density at radius 1 is 1.02 bits per heavy atom. The van der Waals surface area contributed by atoms with Crippen LogP contribution >= 0.6 is 0 Å². The Hall–Kier alpha value is -2.29. The molecule has 2 aliphatic rings. The third-order valence-electron chi connectivity index (χ3n) is 7.20. The second kappa shape index (κ2) is 19.0. The van der Waals surface area contributed by atoms with E-state index in [9.17, 15) is 34.8 Å². The molecule has 2 aliphatic heterocycles. The molecule has 0 radical (unpaired) electrons. The quantitative estimate of drug-likeness (QED) is 0.0918. The van der Waals surface area contributed by atoms with Gasteiger partial charge in [0, 0.05) is 39.5 Å². The number of unbranched alkanes of at least 4 members (excludes halogenated alkanes) is 4. The highest BCUT2D eigenvalue weighted by molar-refractivity contribution is 5.77. The summed E-state index contributed by atoms with van der Waals surface area (Å²) in [5, 5.41) is 45.0. The molecule has 2 rings (SSSR count). The summed E-state index contributed by atoms with van der Waals surface area (Å²) < 4.78 is 16.6. The highest BCUT2D eigenvalue weighted by atomic mass is 16.7. The smallest absolute Gasteiger partial charge is 0.223 e. The van der Waals surface area contributed by atoms with Crippen molar-refractivity contribution in [1.82, 2.24) is 15.5 Å². The highest BCUT2D eigenvalue weighted by Gasteiger charge is 2.45. The fourth-order valence-corrected chi connectivity index (χ4v) is 5.03. The molecule has 2 saturated heterocycles. The number of aliphatic hydroxyl groups excluding tert-OH is 4. The van der Waals surface area contributed by atoms with Gasteiger partial charge in [0.2, 0.25) is 17.7 Å². The van der Waals surface area contributed by atoms with Crippen LogP contribution in [0.4, 0.5) is 0 Å². The fraction of sp³-hybridized carbons (Fsp3) is 0.821. The lowest BCUT2D eigenvalue weighted by molar-refractivity contribution is -0.270. The zero-order valence-corrected chi connectivity index (χ0v) is 24.3. The van der Waals surface area contributed by atoms with Crippen molar-refractivity contribution >= 4 is 17.7 Å². The summed E-state index contributed by atoms with van der Waals surface area (Å²) in [6.45, 7) is 4.14. The summed E-state index contributed by atoms with van der Waals surface area (Å²) in [5.41, 5.74) is 0. The van der Waals surface area contributed by atoms with Gasteiger partial charge in [0.05, 0.1) is 25.0 Å². The van der Waals surface area contributed by atoms with Gasteiger partial charge in [0.25, 0.3) is 0 Å². The van der Waals surface area contributed by atoms with Crippen molar-refractivity contribution in [3.05, 3.63) is 12.3 Å². The van der Waals surface area contributed by atoms with Gasteiger partial charge in [-0.3, -0.25) is 14.4 Å². The van der Waals surface area contributed by atoms with E-state index in [2.05, 4.69) is 10.6 Å². The number of nitrogens with zero attached hydrogens (tertiary/aromatic N) is 1. The maximum Gasteiger partial charge on any atom is 0.223 e. The number of amides is 3.